The molecule has 0 amide bonds. The molecule has 2 bridgehead atoms. The number of rotatable bonds is 2. The molecule has 1 aliphatic carbocycles. The number of carbonyl (C=O) groups excluding carboxylic acids is 2. The predicted molar refractivity (Wildman–Crippen MR) is 76.4 cm³/mol. The van der Waals surface area contributed by atoms with Crippen molar-refractivity contribution in [1.82, 2.24) is 0 Å². The van der Waals surface area contributed by atoms with Gasteiger partial charge in [-0.2, -0.15) is 0 Å². The standard InChI is InChI=1S/C18H14O3/c19-17-15-13(11-7-3-1-4-8-11)16(18(20)21-17)14(15)12-9-5-2-6-10-12/h1-10,13-16H/t13?,14?,15-,16+. The lowest BCUT2D eigenvalue weighted by molar-refractivity contribution is -0.188. The third-order valence-corrected chi connectivity index (χ3v) is 4.66. The van der Waals surface area contributed by atoms with Crippen LogP contribution in [0.15, 0.2) is 60.7 Å². The summed E-state index contributed by atoms with van der Waals surface area (Å²) in [6, 6.07) is 19.6. The first-order valence-corrected chi connectivity index (χ1v) is 7.13. The molecule has 2 aromatic rings. The van der Waals surface area contributed by atoms with Crippen molar-refractivity contribution >= 4 is 11.9 Å². The zero-order valence-corrected chi connectivity index (χ0v) is 11.3. The van der Waals surface area contributed by atoms with Gasteiger partial charge in [0, 0.05) is 11.8 Å². The molecular formula is C18H14O3. The minimum absolute atomic E-state index is 0.0508. The van der Waals surface area contributed by atoms with E-state index >= 15 is 0 Å². The van der Waals surface area contributed by atoms with E-state index in [-0.39, 0.29) is 35.6 Å². The maximum atomic E-state index is 12.2. The van der Waals surface area contributed by atoms with Gasteiger partial charge in [-0.25, -0.2) is 0 Å². The number of hydrogen-bond donors (Lipinski definition) is 0. The van der Waals surface area contributed by atoms with E-state index in [2.05, 4.69) is 0 Å². The first kappa shape index (κ1) is 12.3. The average molecular weight is 278 g/mol. The number of benzene rings is 2. The highest BCUT2D eigenvalue weighted by Gasteiger charge is 2.63. The second-order valence-electron chi connectivity index (χ2n) is 5.66. The van der Waals surface area contributed by atoms with Gasteiger partial charge in [0.1, 0.15) is 0 Å². The fourth-order valence-corrected chi connectivity index (χ4v) is 3.75. The highest BCUT2D eigenvalue weighted by Crippen LogP contribution is 2.60. The van der Waals surface area contributed by atoms with Crippen LogP contribution in [0.3, 0.4) is 0 Å². The molecule has 3 fully saturated rings. The van der Waals surface area contributed by atoms with Crippen molar-refractivity contribution < 1.29 is 14.3 Å². The van der Waals surface area contributed by atoms with E-state index in [1.54, 1.807) is 0 Å². The topological polar surface area (TPSA) is 43.4 Å². The Bertz CT molecular complexity index is 623. The lowest BCUT2D eigenvalue weighted by Crippen LogP contribution is -2.57. The third kappa shape index (κ3) is 1.74. The Balaban J connectivity index is 1.77. The highest BCUT2D eigenvalue weighted by molar-refractivity contribution is 5.97. The first-order valence-electron chi connectivity index (χ1n) is 7.13. The molecule has 5 rings (SSSR count). The van der Waals surface area contributed by atoms with Crippen molar-refractivity contribution in [2.45, 2.75) is 11.8 Å². The number of fused-ring (bicyclic) bond motifs is 2. The zero-order chi connectivity index (χ0) is 14.4. The van der Waals surface area contributed by atoms with Crippen molar-refractivity contribution in [3.63, 3.8) is 0 Å². The Morgan fingerprint density at radius 1 is 0.571 bits per heavy atom. The summed E-state index contributed by atoms with van der Waals surface area (Å²) in [5.74, 6) is -1.37. The van der Waals surface area contributed by atoms with Crippen molar-refractivity contribution in [3.05, 3.63) is 71.8 Å². The van der Waals surface area contributed by atoms with E-state index < -0.39 is 0 Å². The first-order chi connectivity index (χ1) is 10.3. The lowest BCUT2D eigenvalue weighted by atomic mass is 9.51. The van der Waals surface area contributed by atoms with E-state index in [4.69, 9.17) is 4.74 Å². The molecule has 21 heavy (non-hydrogen) atoms. The van der Waals surface area contributed by atoms with E-state index in [1.807, 2.05) is 60.7 Å². The molecule has 0 atom stereocenters. The molecule has 2 aromatic carbocycles. The van der Waals surface area contributed by atoms with Crippen LogP contribution in [0.1, 0.15) is 23.0 Å². The number of hydrogen-bond acceptors (Lipinski definition) is 3. The molecule has 104 valence electrons. The van der Waals surface area contributed by atoms with Crippen LogP contribution >= 0.6 is 0 Å². The molecule has 0 unspecified atom stereocenters. The van der Waals surface area contributed by atoms with Gasteiger partial charge >= 0.3 is 11.9 Å². The summed E-state index contributed by atoms with van der Waals surface area (Å²) in [6.45, 7) is 0. The Morgan fingerprint density at radius 2 is 0.952 bits per heavy atom. The summed E-state index contributed by atoms with van der Waals surface area (Å²) in [5.41, 5.74) is 2.09. The summed E-state index contributed by atoms with van der Waals surface area (Å²) < 4.78 is 4.87. The molecule has 2 saturated heterocycles. The van der Waals surface area contributed by atoms with Crippen LogP contribution in [0.4, 0.5) is 0 Å². The maximum Gasteiger partial charge on any atom is 0.317 e. The number of esters is 2. The van der Waals surface area contributed by atoms with Crippen LogP contribution in [-0.4, -0.2) is 11.9 Å². The molecule has 1 saturated carbocycles. The molecule has 0 aromatic heterocycles. The van der Waals surface area contributed by atoms with Crippen LogP contribution in [0.5, 0.6) is 0 Å². The molecule has 0 radical (unpaired) electrons. The highest BCUT2D eigenvalue weighted by atomic mass is 16.6. The molecule has 2 heterocycles. The van der Waals surface area contributed by atoms with Gasteiger partial charge in [0.25, 0.3) is 0 Å². The zero-order valence-electron chi connectivity index (χ0n) is 11.3. The molecule has 2 aliphatic heterocycles. The Morgan fingerprint density at radius 3 is 1.33 bits per heavy atom. The second-order valence-corrected chi connectivity index (χ2v) is 5.66. The van der Waals surface area contributed by atoms with E-state index in [0.29, 0.717) is 0 Å². The summed E-state index contributed by atoms with van der Waals surface area (Å²) in [4.78, 5) is 24.3. The van der Waals surface area contributed by atoms with Crippen molar-refractivity contribution in [3.8, 4) is 0 Å². The lowest BCUT2D eigenvalue weighted by Gasteiger charge is -2.52. The Hall–Kier alpha value is -2.42. The minimum Gasteiger partial charge on any atom is -0.393 e. The number of ether oxygens (including phenoxy) is 1. The number of carbonyl (C=O) groups is 2. The largest absolute Gasteiger partial charge is 0.393 e. The summed E-state index contributed by atoms with van der Waals surface area (Å²) in [6.07, 6.45) is 0. The van der Waals surface area contributed by atoms with Gasteiger partial charge in [0.05, 0.1) is 11.8 Å². The quantitative estimate of drug-likeness (QED) is 0.626. The Kier molecular flexibility index (Phi) is 2.67. The van der Waals surface area contributed by atoms with Gasteiger partial charge in [-0.05, 0) is 11.1 Å². The van der Waals surface area contributed by atoms with Gasteiger partial charge in [-0.3, -0.25) is 9.59 Å². The predicted octanol–water partition coefficient (Wildman–Crippen LogP) is 2.88. The van der Waals surface area contributed by atoms with Crippen molar-refractivity contribution in [1.29, 1.82) is 0 Å². The fraction of sp³-hybridized carbons (Fsp3) is 0.222. The SMILES string of the molecule is O=C1OC(=O)[C@H]2C(c3ccccc3)[C@@H]1C2c1ccccc1. The monoisotopic (exact) mass is 278 g/mol. The molecular weight excluding hydrogens is 264 g/mol. The maximum absolute atomic E-state index is 12.2. The van der Waals surface area contributed by atoms with Crippen molar-refractivity contribution in [2.24, 2.45) is 11.8 Å². The second kappa shape index (κ2) is 4.55. The molecule has 0 spiro atoms. The van der Waals surface area contributed by atoms with E-state index in [0.717, 1.165) is 11.1 Å². The molecule has 0 N–H and O–H groups in total. The van der Waals surface area contributed by atoms with Gasteiger partial charge in [-0.15, -0.1) is 0 Å². The summed E-state index contributed by atoms with van der Waals surface area (Å²) >= 11 is 0. The average Bonchev–Trinajstić information content (AvgIpc) is 2.48. The van der Waals surface area contributed by atoms with Gasteiger partial charge in [0.15, 0.2) is 0 Å². The molecule has 3 aliphatic rings. The van der Waals surface area contributed by atoms with Crippen molar-refractivity contribution in [2.75, 3.05) is 0 Å². The molecule has 3 nitrogen and oxygen atoms in total. The fourth-order valence-electron chi connectivity index (χ4n) is 3.75. The van der Waals surface area contributed by atoms with E-state index in [1.165, 1.54) is 0 Å². The van der Waals surface area contributed by atoms with Crippen LogP contribution in [-0.2, 0) is 14.3 Å². The Labute approximate surface area is 122 Å². The third-order valence-electron chi connectivity index (χ3n) is 4.66. The summed E-state index contributed by atoms with van der Waals surface area (Å²) in [5, 5.41) is 0. The van der Waals surface area contributed by atoms with E-state index in [9.17, 15) is 9.59 Å². The van der Waals surface area contributed by atoms with Crippen LogP contribution in [0, 0.1) is 11.8 Å². The normalized spacial score (nSPS) is 30.5. The smallest absolute Gasteiger partial charge is 0.317 e. The van der Waals surface area contributed by atoms with Gasteiger partial charge < -0.3 is 4.74 Å². The van der Waals surface area contributed by atoms with Crippen LogP contribution in [0.2, 0.25) is 0 Å². The van der Waals surface area contributed by atoms with Crippen LogP contribution in [0.25, 0.3) is 0 Å². The van der Waals surface area contributed by atoms with Gasteiger partial charge in [-0.1, -0.05) is 60.7 Å². The van der Waals surface area contributed by atoms with Crippen LogP contribution < -0.4 is 0 Å². The summed E-state index contributed by atoms with van der Waals surface area (Å²) in [7, 11) is 0. The molecule has 3 heteroatoms. The van der Waals surface area contributed by atoms with Gasteiger partial charge in [0.2, 0.25) is 0 Å². The minimum atomic E-state index is -0.384.